The van der Waals surface area contributed by atoms with Crippen LogP contribution in [0.15, 0.2) is 30.3 Å². The van der Waals surface area contributed by atoms with E-state index in [2.05, 4.69) is 63.3 Å². The second-order valence-corrected chi connectivity index (χ2v) is 5.75. The Labute approximate surface area is 127 Å². The van der Waals surface area contributed by atoms with Crippen molar-refractivity contribution in [2.75, 3.05) is 6.54 Å². The fourth-order valence-corrected chi connectivity index (χ4v) is 2.65. The summed E-state index contributed by atoms with van der Waals surface area (Å²) in [4.78, 5) is 0. The maximum absolute atomic E-state index is 6.45. The molecule has 0 amide bonds. The Bertz CT molecular complexity index is 617. The van der Waals surface area contributed by atoms with Crippen LogP contribution in [-0.2, 0) is 6.54 Å². The van der Waals surface area contributed by atoms with Gasteiger partial charge in [-0.2, -0.15) is 0 Å². The zero-order valence-corrected chi connectivity index (χ0v) is 13.4. The highest BCUT2D eigenvalue weighted by Gasteiger charge is 2.09. The van der Waals surface area contributed by atoms with E-state index < -0.39 is 0 Å². The molecule has 2 aromatic rings. The minimum absolute atomic E-state index is 0.830. The van der Waals surface area contributed by atoms with E-state index in [1.54, 1.807) is 0 Å². The molecule has 0 radical (unpaired) electrons. The maximum Gasteiger partial charge on any atom is 0.0487 e. The summed E-state index contributed by atoms with van der Waals surface area (Å²) in [5, 5.41) is 4.20. The Morgan fingerprint density at radius 3 is 2.30 bits per heavy atom. The molecule has 2 rings (SSSR count). The van der Waals surface area contributed by atoms with E-state index in [4.69, 9.17) is 11.6 Å². The van der Waals surface area contributed by atoms with Gasteiger partial charge in [0.25, 0.3) is 0 Å². The van der Waals surface area contributed by atoms with Gasteiger partial charge in [0.15, 0.2) is 0 Å². The van der Waals surface area contributed by atoms with Crippen molar-refractivity contribution in [1.82, 2.24) is 5.32 Å². The third-order valence-electron chi connectivity index (χ3n) is 3.75. The lowest BCUT2D eigenvalue weighted by Gasteiger charge is -2.13. The second kappa shape index (κ2) is 6.43. The molecule has 0 atom stereocenters. The van der Waals surface area contributed by atoms with Crippen molar-refractivity contribution < 1.29 is 0 Å². The van der Waals surface area contributed by atoms with Gasteiger partial charge in [0.1, 0.15) is 0 Å². The molecule has 0 aliphatic carbocycles. The molecule has 2 heteroatoms. The van der Waals surface area contributed by atoms with Crippen molar-refractivity contribution >= 4 is 11.6 Å². The van der Waals surface area contributed by atoms with Crippen LogP contribution < -0.4 is 5.32 Å². The van der Waals surface area contributed by atoms with E-state index >= 15 is 0 Å². The number of hydrogen-bond donors (Lipinski definition) is 1. The number of rotatable bonds is 4. The van der Waals surface area contributed by atoms with E-state index in [9.17, 15) is 0 Å². The van der Waals surface area contributed by atoms with Crippen LogP contribution in [0.4, 0.5) is 0 Å². The average molecular weight is 288 g/mol. The van der Waals surface area contributed by atoms with Crippen molar-refractivity contribution in [3.8, 4) is 11.1 Å². The summed E-state index contributed by atoms with van der Waals surface area (Å²) in [6.45, 7) is 10.4. The van der Waals surface area contributed by atoms with Gasteiger partial charge in [-0.3, -0.25) is 0 Å². The maximum atomic E-state index is 6.45. The van der Waals surface area contributed by atoms with Crippen LogP contribution in [0.25, 0.3) is 11.1 Å². The first kappa shape index (κ1) is 15.1. The monoisotopic (exact) mass is 287 g/mol. The first-order valence-corrected chi connectivity index (χ1v) is 7.48. The molecule has 20 heavy (non-hydrogen) atoms. The van der Waals surface area contributed by atoms with E-state index in [0.717, 1.165) is 23.7 Å². The van der Waals surface area contributed by atoms with Gasteiger partial charge in [0, 0.05) is 17.1 Å². The van der Waals surface area contributed by atoms with Gasteiger partial charge < -0.3 is 5.32 Å². The van der Waals surface area contributed by atoms with E-state index in [-0.39, 0.29) is 0 Å². The Kier molecular flexibility index (Phi) is 4.85. The smallest absolute Gasteiger partial charge is 0.0487 e. The highest BCUT2D eigenvalue weighted by Crippen LogP contribution is 2.33. The molecule has 0 aliphatic rings. The predicted molar refractivity (Wildman–Crippen MR) is 88.5 cm³/mol. The Hall–Kier alpha value is -1.31. The van der Waals surface area contributed by atoms with Gasteiger partial charge in [0.2, 0.25) is 0 Å². The molecule has 1 N–H and O–H groups in total. The van der Waals surface area contributed by atoms with Crippen molar-refractivity contribution in [2.45, 2.75) is 34.2 Å². The molecular weight excluding hydrogens is 266 g/mol. The summed E-state index contributed by atoms with van der Waals surface area (Å²) < 4.78 is 0. The largest absolute Gasteiger partial charge is 0.313 e. The Balaban J connectivity index is 2.48. The number of halogens is 1. The normalized spacial score (nSPS) is 10.8. The van der Waals surface area contributed by atoms with Gasteiger partial charge in [-0.25, -0.2) is 0 Å². The van der Waals surface area contributed by atoms with Crippen LogP contribution in [0.1, 0.15) is 29.2 Å². The zero-order valence-electron chi connectivity index (χ0n) is 12.7. The molecule has 0 bridgehead atoms. The van der Waals surface area contributed by atoms with E-state index in [1.165, 1.54) is 27.8 Å². The summed E-state index contributed by atoms with van der Waals surface area (Å²) in [5.74, 6) is 0. The molecule has 0 aromatic heterocycles. The third-order valence-corrected chi connectivity index (χ3v) is 4.07. The molecule has 106 valence electrons. The van der Waals surface area contributed by atoms with Crippen molar-refractivity contribution in [1.29, 1.82) is 0 Å². The van der Waals surface area contributed by atoms with Gasteiger partial charge in [-0.15, -0.1) is 0 Å². The SMILES string of the molecule is CCNCc1ccc(C)c(-c2cc(C)c(C)cc2Cl)c1. The first-order valence-electron chi connectivity index (χ1n) is 7.10. The number of hydrogen-bond acceptors (Lipinski definition) is 1. The molecule has 0 aliphatic heterocycles. The minimum Gasteiger partial charge on any atom is -0.313 e. The molecule has 0 saturated heterocycles. The van der Waals surface area contributed by atoms with Crippen LogP contribution in [0.3, 0.4) is 0 Å². The van der Waals surface area contributed by atoms with Crippen molar-refractivity contribution in [3.05, 3.63) is 57.6 Å². The number of aryl methyl sites for hydroxylation is 3. The Morgan fingerprint density at radius 2 is 1.60 bits per heavy atom. The van der Waals surface area contributed by atoms with Crippen LogP contribution in [0.5, 0.6) is 0 Å². The standard InChI is InChI=1S/C18H22ClN/c1-5-20-11-15-7-6-12(2)16(10-15)17-8-13(3)14(4)9-18(17)19/h6-10,20H,5,11H2,1-4H3. The van der Waals surface area contributed by atoms with Gasteiger partial charge in [-0.05, 0) is 73.3 Å². The fraction of sp³-hybridized carbons (Fsp3) is 0.333. The third kappa shape index (κ3) is 3.23. The highest BCUT2D eigenvalue weighted by molar-refractivity contribution is 6.33. The lowest BCUT2D eigenvalue weighted by atomic mass is 9.95. The van der Waals surface area contributed by atoms with E-state index in [1.807, 2.05) is 0 Å². The lowest BCUT2D eigenvalue weighted by Crippen LogP contribution is -2.11. The van der Waals surface area contributed by atoms with E-state index in [0.29, 0.717) is 0 Å². The van der Waals surface area contributed by atoms with Crippen LogP contribution in [0.2, 0.25) is 5.02 Å². The molecule has 0 heterocycles. The zero-order chi connectivity index (χ0) is 14.7. The van der Waals surface area contributed by atoms with Crippen molar-refractivity contribution in [3.63, 3.8) is 0 Å². The highest BCUT2D eigenvalue weighted by atomic mass is 35.5. The Morgan fingerprint density at radius 1 is 0.900 bits per heavy atom. The minimum atomic E-state index is 0.830. The molecule has 0 saturated carbocycles. The first-order chi connectivity index (χ1) is 9.52. The second-order valence-electron chi connectivity index (χ2n) is 5.35. The number of nitrogens with one attached hydrogen (secondary N) is 1. The fourth-order valence-electron chi connectivity index (χ4n) is 2.33. The summed E-state index contributed by atoms with van der Waals surface area (Å²) >= 11 is 6.45. The molecule has 0 unspecified atom stereocenters. The summed E-state index contributed by atoms with van der Waals surface area (Å²) in [6, 6.07) is 10.8. The predicted octanol–water partition coefficient (Wildman–Crippen LogP) is 5.04. The van der Waals surface area contributed by atoms with Gasteiger partial charge >= 0.3 is 0 Å². The van der Waals surface area contributed by atoms with Crippen LogP contribution in [-0.4, -0.2) is 6.54 Å². The summed E-state index contributed by atoms with van der Waals surface area (Å²) in [6.07, 6.45) is 0. The quantitative estimate of drug-likeness (QED) is 0.830. The molecule has 2 aromatic carbocycles. The number of benzene rings is 2. The topological polar surface area (TPSA) is 12.0 Å². The van der Waals surface area contributed by atoms with Crippen LogP contribution in [0, 0.1) is 20.8 Å². The summed E-state index contributed by atoms with van der Waals surface area (Å²) in [7, 11) is 0. The molecule has 0 spiro atoms. The molecule has 1 nitrogen and oxygen atoms in total. The van der Waals surface area contributed by atoms with Crippen molar-refractivity contribution in [2.24, 2.45) is 0 Å². The van der Waals surface area contributed by atoms with Crippen LogP contribution >= 0.6 is 11.6 Å². The summed E-state index contributed by atoms with van der Waals surface area (Å²) in [5.41, 5.74) is 7.43. The average Bonchev–Trinajstić information content (AvgIpc) is 2.42. The lowest BCUT2D eigenvalue weighted by molar-refractivity contribution is 0.727. The van der Waals surface area contributed by atoms with Gasteiger partial charge in [0.05, 0.1) is 0 Å². The van der Waals surface area contributed by atoms with Gasteiger partial charge in [-0.1, -0.05) is 30.7 Å². The molecular formula is C18H22ClN. The molecule has 0 fully saturated rings.